The van der Waals surface area contributed by atoms with Crippen molar-refractivity contribution >= 4 is 22.8 Å². The van der Waals surface area contributed by atoms with Gasteiger partial charge >= 0.3 is 0 Å². The smallest absolute Gasteiger partial charge is 0.287 e. The first kappa shape index (κ1) is 21.3. The highest BCUT2D eigenvalue weighted by Gasteiger charge is 2.29. The minimum Gasteiger partial charge on any atom is -0.451 e. The Kier molecular flexibility index (Phi) is 6.92. The zero-order valence-electron chi connectivity index (χ0n) is 17.3. The summed E-state index contributed by atoms with van der Waals surface area (Å²) < 4.78 is 5.74. The van der Waals surface area contributed by atoms with Crippen LogP contribution in [-0.4, -0.2) is 48.2 Å². The largest absolute Gasteiger partial charge is 0.451 e. The number of hydrogen-bond acceptors (Lipinski definition) is 5. The number of carbonyl (C=O) groups is 2. The summed E-state index contributed by atoms with van der Waals surface area (Å²) in [6.07, 6.45) is 1.43. The predicted molar refractivity (Wildman–Crippen MR) is 112 cm³/mol. The Morgan fingerprint density at radius 2 is 2.07 bits per heavy atom. The van der Waals surface area contributed by atoms with Gasteiger partial charge in [0, 0.05) is 17.5 Å². The second kappa shape index (κ2) is 9.41. The molecule has 7 nitrogen and oxygen atoms in total. The number of hydrogen-bond donors (Lipinski definition) is 4. The van der Waals surface area contributed by atoms with Crippen LogP contribution < -0.4 is 16.0 Å². The van der Waals surface area contributed by atoms with Crippen molar-refractivity contribution in [2.75, 3.05) is 13.1 Å². The van der Waals surface area contributed by atoms with E-state index in [0.29, 0.717) is 25.0 Å². The average molecular weight is 402 g/mol. The van der Waals surface area contributed by atoms with E-state index < -0.39 is 18.1 Å². The number of carbonyl (C=O) groups excluding carboxylic acids is 2. The van der Waals surface area contributed by atoms with Crippen molar-refractivity contribution in [3.63, 3.8) is 0 Å². The molecule has 1 fully saturated rings. The molecular weight excluding hydrogens is 370 g/mol. The summed E-state index contributed by atoms with van der Waals surface area (Å²) in [5.74, 6) is -0.232. The molecule has 1 aliphatic heterocycles. The monoisotopic (exact) mass is 401 g/mol. The number of para-hydroxylation sites is 1. The number of β-amino-alcohol motifs (C(OH)–C–C–N with tert-alkyl or cyclic N) is 1. The maximum atomic E-state index is 12.9. The first-order chi connectivity index (χ1) is 13.9. The normalized spacial score (nSPS) is 21.0. The molecule has 0 radical (unpaired) electrons. The second-order valence-corrected chi connectivity index (χ2v) is 8.24. The molecule has 3 rings (SSSR count). The van der Waals surface area contributed by atoms with Crippen molar-refractivity contribution < 1.29 is 19.1 Å². The molecule has 1 saturated heterocycles. The number of benzene rings is 1. The zero-order chi connectivity index (χ0) is 21.0. The van der Waals surface area contributed by atoms with Crippen molar-refractivity contribution in [3.05, 3.63) is 35.6 Å². The summed E-state index contributed by atoms with van der Waals surface area (Å²) in [4.78, 5) is 25.8. The summed E-state index contributed by atoms with van der Waals surface area (Å²) in [6.45, 7) is 7.12. The minimum atomic E-state index is -0.696. The van der Waals surface area contributed by atoms with Gasteiger partial charge < -0.3 is 25.5 Å². The molecule has 3 atom stereocenters. The molecule has 4 N–H and O–H groups in total. The molecule has 0 aliphatic carbocycles. The summed E-state index contributed by atoms with van der Waals surface area (Å²) in [5, 5.41) is 20.1. The quantitative estimate of drug-likeness (QED) is 0.594. The maximum Gasteiger partial charge on any atom is 0.287 e. The van der Waals surface area contributed by atoms with Gasteiger partial charge in [0.25, 0.3) is 5.91 Å². The van der Waals surface area contributed by atoms with E-state index >= 15 is 0 Å². The Bertz CT molecular complexity index is 861. The van der Waals surface area contributed by atoms with Gasteiger partial charge in [0.15, 0.2) is 5.76 Å². The van der Waals surface area contributed by atoms with Crippen LogP contribution in [0.25, 0.3) is 11.0 Å². The third kappa shape index (κ3) is 5.16. The van der Waals surface area contributed by atoms with E-state index in [4.69, 9.17) is 4.42 Å². The van der Waals surface area contributed by atoms with Crippen molar-refractivity contribution in [1.82, 2.24) is 16.0 Å². The highest BCUT2D eigenvalue weighted by Crippen LogP contribution is 2.25. The number of aryl methyl sites for hydroxylation is 1. The molecule has 0 spiro atoms. The van der Waals surface area contributed by atoms with E-state index in [1.807, 2.05) is 45.0 Å². The number of aliphatic hydroxyl groups excluding tert-OH is 1. The lowest BCUT2D eigenvalue weighted by molar-refractivity contribution is -0.125. The van der Waals surface area contributed by atoms with E-state index in [2.05, 4.69) is 16.0 Å². The Morgan fingerprint density at radius 1 is 1.31 bits per heavy atom. The number of furan rings is 1. The lowest BCUT2D eigenvalue weighted by Crippen LogP contribution is -2.53. The van der Waals surface area contributed by atoms with Crippen LogP contribution in [0.15, 0.2) is 28.7 Å². The van der Waals surface area contributed by atoms with Gasteiger partial charge in [-0.25, -0.2) is 0 Å². The summed E-state index contributed by atoms with van der Waals surface area (Å²) in [7, 11) is 0. The standard InChI is InChI=1S/C22H31N3O4/c1-13(2)11-17(21(27)24-16-8-6-10-23-12-18(16)26)25-22(28)20-14(3)15-7-4-5-9-19(15)29-20/h4-5,7,9,13,16-18,23,26H,6,8,10-12H2,1-3H3,(H,24,27)(H,25,28)/t16?,17?,18-/m0/s1. The van der Waals surface area contributed by atoms with Crippen LogP contribution in [0.2, 0.25) is 0 Å². The molecule has 2 amide bonds. The molecule has 7 heteroatoms. The third-order valence-electron chi connectivity index (χ3n) is 5.39. The fraction of sp³-hybridized carbons (Fsp3) is 0.545. The van der Waals surface area contributed by atoms with Gasteiger partial charge in [-0.15, -0.1) is 0 Å². The number of rotatable bonds is 6. The van der Waals surface area contributed by atoms with E-state index in [9.17, 15) is 14.7 Å². The van der Waals surface area contributed by atoms with Gasteiger partial charge in [-0.1, -0.05) is 32.0 Å². The Hall–Kier alpha value is -2.38. The molecule has 2 aromatic rings. The van der Waals surface area contributed by atoms with Crippen LogP contribution in [-0.2, 0) is 4.79 Å². The van der Waals surface area contributed by atoms with E-state index in [1.54, 1.807) is 0 Å². The molecule has 2 heterocycles. The Labute approximate surface area is 171 Å². The topological polar surface area (TPSA) is 104 Å². The molecule has 2 unspecified atom stereocenters. The number of fused-ring (bicyclic) bond motifs is 1. The van der Waals surface area contributed by atoms with Crippen LogP contribution in [0.1, 0.15) is 49.2 Å². The first-order valence-electron chi connectivity index (χ1n) is 10.3. The second-order valence-electron chi connectivity index (χ2n) is 8.24. The van der Waals surface area contributed by atoms with Gasteiger partial charge in [-0.2, -0.15) is 0 Å². The lowest BCUT2D eigenvalue weighted by atomic mass is 10.0. The SMILES string of the molecule is Cc1c(C(=O)NC(CC(C)C)C(=O)NC2CCCNC[C@@H]2O)oc2ccccc12. The number of amides is 2. The molecule has 29 heavy (non-hydrogen) atoms. The van der Waals surface area contributed by atoms with Crippen molar-refractivity contribution in [2.24, 2.45) is 5.92 Å². The van der Waals surface area contributed by atoms with Gasteiger partial charge in [0.1, 0.15) is 11.6 Å². The fourth-order valence-electron chi connectivity index (χ4n) is 3.80. The molecule has 1 aromatic carbocycles. The van der Waals surface area contributed by atoms with E-state index in [-0.39, 0.29) is 23.6 Å². The summed E-state index contributed by atoms with van der Waals surface area (Å²) in [5.41, 5.74) is 1.40. The first-order valence-corrected chi connectivity index (χ1v) is 10.3. The van der Waals surface area contributed by atoms with E-state index in [0.717, 1.165) is 23.9 Å². The van der Waals surface area contributed by atoms with Gasteiger partial charge in [-0.3, -0.25) is 9.59 Å². The van der Waals surface area contributed by atoms with Gasteiger partial charge in [0.05, 0.1) is 12.1 Å². The summed E-state index contributed by atoms with van der Waals surface area (Å²) in [6, 6.07) is 6.46. The molecule has 0 bridgehead atoms. The lowest BCUT2D eigenvalue weighted by Gasteiger charge is -2.26. The highest BCUT2D eigenvalue weighted by molar-refractivity contribution is 6.00. The number of aliphatic hydroxyl groups is 1. The fourth-order valence-corrected chi connectivity index (χ4v) is 3.80. The third-order valence-corrected chi connectivity index (χ3v) is 5.39. The van der Waals surface area contributed by atoms with Gasteiger partial charge in [-0.05, 0) is 44.7 Å². The Balaban J connectivity index is 1.74. The molecule has 0 saturated carbocycles. The van der Waals surface area contributed by atoms with Crippen LogP contribution in [0.5, 0.6) is 0 Å². The molecule has 1 aliphatic rings. The average Bonchev–Trinajstić information content (AvgIpc) is 2.89. The number of nitrogens with one attached hydrogen (secondary N) is 3. The summed E-state index contributed by atoms with van der Waals surface area (Å²) >= 11 is 0. The van der Waals surface area contributed by atoms with E-state index in [1.165, 1.54) is 0 Å². The molecular formula is C22H31N3O4. The van der Waals surface area contributed by atoms with Crippen LogP contribution in [0.3, 0.4) is 0 Å². The van der Waals surface area contributed by atoms with Crippen molar-refractivity contribution in [3.8, 4) is 0 Å². The minimum absolute atomic E-state index is 0.212. The van der Waals surface area contributed by atoms with Crippen LogP contribution in [0, 0.1) is 12.8 Å². The van der Waals surface area contributed by atoms with Crippen molar-refractivity contribution in [2.45, 2.75) is 58.2 Å². The zero-order valence-corrected chi connectivity index (χ0v) is 17.3. The molecule has 1 aromatic heterocycles. The maximum absolute atomic E-state index is 12.9. The van der Waals surface area contributed by atoms with Crippen LogP contribution in [0.4, 0.5) is 0 Å². The Morgan fingerprint density at radius 3 is 2.79 bits per heavy atom. The van der Waals surface area contributed by atoms with Crippen LogP contribution >= 0.6 is 0 Å². The van der Waals surface area contributed by atoms with Crippen molar-refractivity contribution in [1.29, 1.82) is 0 Å². The molecule has 158 valence electrons. The van der Waals surface area contributed by atoms with Gasteiger partial charge in [0.2, 0.25) is 5.91 Å². The predicted octanol–water partition coefficient (Wildman–Crippen LogP) is 2.11. The highest BCUT2D eigenvalue weighted by atomic mass is 16.3.